The molecule has 1 aromatic carbocycles. The van der Waals surface area contributed by atoms with Crippen LogP contribution < -0.4 is 15.0 Å². The molecule has 1 fully saturated rings. The van der Waals surface area contributed by atoms with Crippen molar-refractivity contribution in [1.82, 2.24) is 0 Å². The minimum atomic E-state index is 0.0899. The molecule has 1 amide bonds. The van der Waals surface area contributed by atoms with E-state index in [0.29, 0.717) is 6.54 Å². The number of amides is 1. The van der Waals surface area contributed by atoms with Crippen molar-refractivity contribution < 1.29 is 14.4 Å². The Balaban J connectivity index is 1.84. The van der Waals surface area contributed by atoms with Gasteiger partial charge in [-0.05, 0) is 24.3 Å². The van der Waals surface area contributed by atoms with Gasteiger partial charge in [0.2, 0.25) is 0 Å². The second-order valence-electron chi connectivity index (χ2n) is 4.41. The van der Waals surface area contributed by atoms with E-state index in [4.69, 9.17) is 4.74 Å². The number of hydrogen-bond donors (Lipinski definition) is 2. The Labute approximate surface area is 102 Å². The summed E-state index contributed by atoms with van der Waals surface area (Å²) in [4.78, 5) is 13.1. The van der Waals surface area contributed by atoms with E-state index >= 15 is 0 Å². The van der Waals surface area contributed by atoms with Gasteiger partial charge < -0.3 is 15.0 Å². The maximum Gasteiger partial charge on any atom is 0.279 e. The third-order valence-corrected chi connectivity index (χ3v) is 3.09. The van der Waals surface area contributed by atoms with Crippen molar-refractivity contribution in [1.29, 1.82) is 0 Å². The summed E-state index contributed by atoms with van der Waals surface area (Å²) in [6.07, 6.45) is 2.48. The number of likely N-dealkylation sites (tertiary alicyclic amines) is 1. The molecule has 0 atom stereocenters. The predicted octanol–water partition coefficient (Wildman–Crippen LogP) is 0.312. The zero-order valence-electron chi connectivity index (χ0n) is 10.2. The van der Waals surface area contributed by atoms with E-state index in [2.05, 4.69) is 5.32 Å². The average molecular weight is 235 g/mol. The van der Waals surface area contributed by atoms with E-state index in [1.54, 1.807) is 7.11 Å². The summed E-state index contributed by atoms with van der Waals surface area (Å²) in [5.41, 5.74) is 0.828. The minimum absolute atomic E-state index is 0.0899. The molecule has 0 spiro atoms. The standard InChI is InChI=1S/C13H18N2O2/c1-17-12-6-4-11(5-7-12)14-13(16)10-15-8-2-3-9-15/h4-7H,2-3,8-10H2,1H3,(H,14,16)/p+1. The molecule has 1 aliphatic heterocycles. The van der Waals surface area contributed by atoms with Crippen molar-refractivity contribution >= 4 is 11.6 Å². The molecular weight excluding hydrogens is 216 g/mol. The quantitative estimate of drug-likeness (QED) is 0.789. The lowest BCUT2D eigenvalue weighted by molar-refractivity contribution is -0.878. The van der Waals surface area contributed by atoms with Gasteiger partial charge >= 0.3 is 0 Å². The molecular formula is C13H19N2O2+. The van der Waals surface area contributed by atoms with Gasteiger partial charge in [-0.2, -0.15) is 0 Å². The molecule has 0 aliphatic carbocycles. The molecule has 0 saturated carbocycles. The Hall–Kier alpha value is -1.55. The molecule has 1 aromatic rings. The van der Waals surface area contributed by atoms with Crippen LogP contribution in [0.25, 0.3) is 0 Å². The third kappa shape index (κ3) is 3.46. The van der Waals surface area contributed by atoms with Gasteiger partial charge in [0, 0.05) is 18.5 Å². The Morgan fingerprint density at radius 3 is 2.53 bits per heavy atom. The maximum atomic E-state index is 11.8. The van der Waals surface area contributed by atoms with Crippen LogP contribution in [0.3, 0.4) is 0 Å². The summed E-state index contributed by atoms with van der Waals surface area (Å²) in [5, 5.41) is 2.90. The molecule has 2 N–H and O–H groups in total. The van der Waals surface area contributed by atoms with Crippen molar-refractivity contribution in [3.8, 4) is 5.75 Å². The van der Waals surface area contributed by atoms with Crippen molar-refractivity contribution in [3.05, 3.63) is 24.3 Å². The fourth-order valence-corrected chi connectivity index (χ4v) is 2.16. The third-order valence-electron chi connectivity index (χ3n) is 3.09. The molecule has 1 heterocycles. The molecule has 4 nitrogen and oxygen atoms in total. The molecule has 1 aliphatic rings. The van der Waals surface area contributed by atoms with Crippen LogP contribution in [0, 0.1) is 0 Å². The molecule has 4 heteroatoms. The number of hydrogen-bond acceptors (Lipinski definition) is 2. The lowest BCUT2D eigenvalue weighted by Gasteiger charge is -2.11. The fourth-order valence-electron chi connectivity index (χ4n) is 2.16. The Morgan fingerprint density at radius 1 is 1.29 bits per heavy atom. The van der Waals surface area contributed by atoms with Crippen LogP contribution in [-0.2, 0) is 4.79 Å². The lowest BCUT2D eigenvalue weighted by atomic mass is 10.3. The van der Waals surface area contributed by atoms with Gasteiger partial charge in [-0.15, -0.1) is 0 Å². The minimum Gasteiger partial charge on any atom is -0.497 e. The number of rotatable bonds is 4. The van der Waals surface area contributed by atoms with Crippen LogP contribution in [0.2, 0.25) is 0 Å². The number of benzene rings is 1. The Morgan fingerprint density at radius 2 is 1.94 bits per heavy atom. The molecule has 92 valence electrons. The normalized spacial score (nSPS) is 15.8. The van der Waals surface area contributed by atoms with E-state index < -0.39 is 0 Å². The molecule has 0 radical (unpaired) electrons. The van der Waals surface area contributed by atoms with Crippen molar-refractivity contribution in [3.63, 3.8) is 0 Å². The van der Waals surface area contributed by atoms with Gasteiger partial charge in [-0.25, -0.2) is 0 Å². The zero-order chi connectivity index (χ0) is 12.1. The first-order valence-electron chi connectivity index (χ1n) is 6.05. The summed E-state index contributed by atoms with van der Waals surface area (Å²) in [7, 11) is 1.63. The highest BCUT2D eigenvalue weighted by Crippen LogP contribution is 2.14. The maximum absolute atomic E-state index is 11.8. The topological polar surface area (TPSA) is 42.8 Å². The second-order valence-corrected chi connectivity index (χ2v) is 4.41. The van der Waals surface area contributed by atoms with Crippen LogP contribution in [0.4, 0.5) is 5.69 Å². The number of methoxy groups -OCH3 is 1. The number of ether oxygens (including phenoxy) is 1. The van der Waals surface area contributed by atoms with E-state index in [0.717, 1.165) is 24.5 Å². The summed E-state index contributed by atoms with van der Waals surface area (Å²) >= 11 is 0. The van der Waals surface area contributed by atoms with Crippen LogP contribution in [0.1, 0.15) is 12.8 Å². The van der Waals surface area contributed by atoms with E-state index in [9.17, 15) is 4.79 Å². The molecule has 2 rings (SSSR count). The molecule has 0 bridgehead atoms. The molecule has 0 aromatic heterocycles. The largest absolute Gasteiger partial charge is 0.497 e. The van der Waals surface area contributed by atoms with Crippen molar-refractivity contribution in [2.75, 3.05) is 32.1 Å². The zero-order valence-corrected chi connectivity index (χ0v) is 10.2. The lowest BCUT2D eigenvalue weighted by Crippen LogP contribution is -3.11. The number of nitrogens with one attached hydrogen (secondary N) is 2. The van der Waals surface area contributed by atoms with E-state index in [1.807, 2.05) is 24.3 Å². The van der Waals surface area contributed by atoms with Crippen LogP contribution in [-0.4, -0.2) is 32.7 Å². The van der Waals surface area contributed by atoms with Crippen LogP contribution in [0.5, 0.6) is 5.75 Å². The van der Waals surface area contributed by atoms with Gasteiger partial charge in [0.15, 0.2) is 6.54 Å². The fraction of sp³-hybridized carbons (Fsp3) is 0.462. The van der Waals surface area contributed by atoms with Gasteiger partial charge in [0.25, 0.3) is 5.91 Å². The first-order valence-corrected chi connectivity index (χ1v) is 6.05. The highest BCUT2D eigenvalue weighted by atomic mass is 16.5. The Bertz CT molecular complexity index is 370. The monoisotopic (exact) mass is 235 g/mol. The molecule has 0 unspecified atom stereocenters. The summed E-state index contributed by atoms with van der Waals surface area (Å²) in [5.74, 6) is 0.889. The van der Waals surface area contributed by atoms with Crippen LogP contribution in [0.15, 0.2) is 24.3 Å². The van der Waals surface area contributed by atoms with Crippen LogP contribution >= 0.6 is 0 Å². The van der Waals surface area contributed by atoms with Crippen molar-refractivity contribution in [2.45, 2.75) is 12.8 Å². The van der Waals surface area contributed by atoms with Gasteiger partial charge in [0.05, 0.1) is 20.2 Å². The molecule has 17 heavy (non-hydrogen) atoms. The van der Waals surface area contributed by atoms with Crippen molar-refractivity contribution in [2.24, 2.45) is 0 Å². The van der Waals surface area contributed by atoms with E-state index in [-0.39, 0.29) is 5.91 Å². The van der Waals surface area contributed by atoms with Gasteiger partial charge in [-0.3, -0.25) is 4.79 Å². The summed E-state index contributed by atoms with van der Waals surface area (Å²) in [6.45, 7) is 2.82. The summed E-state index contributed by atoms with van der Waals surface area (Å²) < 4.78 is 5.06. The van der Waals surface area contributed by atoms with Gasteiger partial charge in [0.1, 0.15) is 5.75 Å². The molecule has 1 saturated heterocycles. The Kier molecular flexibility index (Phi) is 3.98. The number of anilines is 1. The number of carbonyl (C=O) groups is 1. The smallest absolute Gasteiger partial charge is 0.279 e. The highest BCUT2D eigenvalue weighted by molar-refractivity contribution is 5.91. The van der Waals surface area contributed by atoms with E-state index in [1.165, 1.54) is 17.7 Å². The second kappa shape index (κ2) is 5.68. The SMILES string of the molecule is COc1ccc(NC(=O)C[NH+]2CCCC2)cc1. The predicted molar refractivity (Wildman–Crippen MR) is 66.4 cm³/mol. The van der Waals surface area contributed by atoms with Gasteiger partial charge in [-0.1, -0.05) is 0 Å². The first-order chi connectivity index (χ1) is 8.28. The first kappa shape index (κ1) is 11.9. The number of quaternary nitrogens is 1. The summed E-state index contributed by atoms with van der Waals surface area (Å²) in [6, 6.07) is 7.41. The highest BCUT2D eigenvalue weighted by Gasteiger charge is 2.18. The number of carbonyl (C=O) groups excluding carboxylic acids is 1. The average Bonchev–Trinajstić information content (AvgIpc) is 2.82.